The molecule has 0 bridgehead atoms. The Balaban J connectivity index is 2.11. The average Bonchev–Trinajstić information content (AvgIpc) is 2.57. The van der Waals surface area contributed by atoms with Gasteiger partial charge in [0, 0.05) is 11.3 Å². The van der Waals surface area contributed by atoms with E-state index < -0.39 is 0 Å². The lowest BCUT2D eigenvalue weighted by Gasteiger charge is -1.99. The van der Waals surface area contributed by atoms with Gasteiger partial charge in [0.25, 0.3) is 0 Å². The molecular formula is C10H14O2S. The summed E-state index contributed by atoms with van der Waals surface area (Å²) in [6.07, 6.45) is 2.40. The van der Waals surface area contributed by atoms with E-state index in [1.165, 1.54) is 4.88 Å². The molecule has 0 aromatic carbocycles. The molecule has 0 aliphatic rings. The van der Waals surface area contributed by atoms with Crippen LogP contribution in [0, 0.1) is 0 Å². The van der Waals surface area contributed by atoms with Crippen LogP contribution in [0.4, 0.5) is 0 Å². The Morgan fingerprint density at radius 1 is 1.62 bits per heavy atom. The number of carbonyl (C=O) groups is 1. The maximum absolute atomic E-state index is 11.0. The molecule has 0 spiro atoms. The van der Waals surface area contributed by atoms with Crippen molar-refractivity contribution in [3.05, 3.63) is 22.4 Å². The molecule has 72 valence electrons. The van der Waals surface area contributed by atoms with E-state index in [1.54, 1.807) is 11.3 Å². The summed E-state index contributed by atoms with van der Waals surface area (Å²) in [5.74, 6) is -0.0842. The van der Waals surface area contributed by atoms with E-state index in [0.29, 0.717) is 13.0 Å². The summed E-state index contributed by atoms with van der Waals surface area (Å²) in [6.45, 7) is 2.31. The van der Waals surface area contributed by atoms with Gasteiger partial charge in [-0.2, -0.15) is 0 Å². The predicted octanol–water partition coefficient (Wildman–Crippen LogP) is 2.63. The van der Waals surface area contributed by atoms with Crippen LogP contribution in [0.5, 0.6) is 0 Å². The first kappa shape index (κ1) is 10.3. The van der Waals surface area contributed by atoms with Crippen LogP contribution in [0.25, 0.3) is 0 Å². The van der Waals surface area contributed by atoms with E-state index in [0.717, 1.165) is 12.8 Å². The predicted molar refractivity (Wildman–Crippen MR) is 53.9 cm³/mol. The molecule has 3 heteroatoms. The number of ether oxygens (including phenoxy) is 1. The van der Waals surface area contributed by atoms with Gasteiger partial charge in [0.1, 0.15) is 0 Å². The third-order valence-electron chi connectivity index (χ3n) is 1.69. The largest absolute Gasteiger partial charge is 0.466 e. The van der Waals surface area contributed by atoms with E-state index in [1.807, 2.05) is 13.0 Å². The Labute approximate surface area is 82.5 Å². The molecule has 13 heavy (non-hydrogen) atoms. The normalized spacial score (nSPS) is 9.92. The van der Waals surface area contributed by atoms with Gasteiger partial charge in [0.2, 0.25) is 0 Å². The zero-order chi connectivity index (χ0) is 9.52. The summed E-state index contributed by atoms with van der Waals surface area (Å²) in [6, 6.07) is 4.13. The summed E-state index contributed by atoms with van der Waals surface area (Å²) in [4.78, 5) is 12.3. The van der Waals surface area contributed by atoms with Crippen molar-refractivity contribution in [3.8, 4) is 0 Å². The van der Waals surface area contributed by atoms with Gasteiger partial charge >= 0.3 is 5.97 Å². The van der Waals surface area contributed by atoms with E-state index in [-0.39, 0.29) is 5.97 Å². The minimum atomic E-state index is -0.0842. The highest BCUT2D eigenvalue weighted by molar-refractivity contribution is 7.09. The van der Waals surface area contributed by atoms with Crippen molar-refractivity contribution in [3.63, 3.8) is 0 Å². The van der Waals surface area contributed by atoms with Crippen molar-refractivity contribution in [2.45, 2.75) is 26.2 Å². The van der Waals surface area contributed by atoms with Crippen LogP contribution in [0.3, 0.4) is 0 Å². The van der Waals surface area contributed by atoms with E-state index in [4.69, 9.17) is 4.74 Å². The van der Waals surface area contributed by atoms with Crippen LogP contribution < -0.4 is 0 Å². The smallest absolute Gasteiger partial charge is 0.305 e. The van der Waals surface area contributed by atoms with Gasteiger partial charge in [-0.05, 0) is 31.2 Å². The van der Waals surface area contributed by atoms with Gasteiger partial charge in [-0.1, -0.05) is 6.07 Å². The number of aryl methyl sites for hydroxylation is 1. The van der Waals surface area contributed by atoms with Crippen molar-refractivity contribution in [1.29, 1.82) is 0 Å². The van der Waals surface area contributed by atoms with Gasteiger partial charge in [-0.3, -0.25) is 4.79 Å². The Morgan fingerprint density at radius 3 is 3.08 bits per heavy atom. The second-order valence-electron chi connectivity index (χ2n) is 2.74. The molecule has 0 aliphatic heterocycles. The van der Waals surface area contributed by atoms with Crippen molar-refractivity contribution in [2.75, 3.05) is 6.61 Å². The van der Waals surface area contributed by atoms with Gasteiger partial charge in [-0.25, -0.2) is 0 Å². The maximum Gasteiger partial charge on any atom is 0.305 e. The minimum Gasteiger partial charge on any atom is -0.466 e. The second-order valence-corrected chi connectivity index (χ2v) is 3.77. The molecule has 2 nitrogen and oxygen atoms in total. The highest BCUT2D eigenvalue weighted by atomic mass is 32.1. The van der Waals surface area contributed by atoms with Crippen molar-refractivity contribution in [2.24, 2.45) is 0 Å². The number of esters is 1. The fraction of sp³-hybridized carbons (Fsp3) is 0.500. The minimum absolute atomic E-state index is 0.0842. The van der Waals surface area contributed by atoms with Crippen molar-refractivity contribution >= 4 is 17.3 Å². The molecule has 1 heterocycles. The molecular weight excluding hydrogens is 184 g/mol. The molecule has 0 atom stereocenters. The zero-order valence-corrected chi connectivity index (χ0v) is 8.60. The van der Waals surface area contributed by atoms with Crippen LogP contribution >= 0.6 is 11.3 Å². The number of hydrogen-bond donors (Lipinski definition) is 0. The summed E-state index contributed by atoms with van der Waals surface area (Å²) in [5.41, 5.74) is 0. The Kier molecular flexibility index (Phi) is 4.54. The SMILES string of the molecule is CCOC(=O)CCCc1cccs1. The van der Waals surface area contributed by atoms with Crippen molar-refractivity contribution in [1.82, 2.24) is 0 Å². The zero-order valence-electron chi connectivity index (χ0n) is 7.79. The second kappa shape index (κ2) is 5.75. The third-order valence-corrected chi connectivity index (χ3v) is 2.63. The molecule has 0 aliphatic carbocycles. The van der Waals surface area contributed by atoms with Crippen LogP contribution in [0.15, 0.2) is 17.5 Å². The van der Waals surface area contributed by atoms with Gasteiger partial charge < -0.3 is 4.74 Å². The summed E-state index contributed by atoms with van der Waals surface area (Å²) in [7, 11) is 0. The Morgan fingerprint density at radius 2 is 2.46 bits per heavy atom. The molecule has 0 radical (unpaired) electrons. The highest BCUT2D eigenvalue weighted by Crippen LogP contribution is 2.11. The van der Waals surface area contributed by atoms with Crippen LogP contribution in [0.1, 0.15) is 24.6 Å². The molecule has 0 saturated carbocycles. The van der Waals surface area contributed by atoms with Crippen LogP contribution in [-0.4, -0.2) is 12.6 Å². The Hall–Kier alpha value is -0.830. The lowest BCUT2D eigenvalue weighted by atomic mass is 10.2. The van der Waals surface area contributed by atoms with Crippen LogP contribution in [0.2, 0.25) is 0 Å². The molecule has 0 fully saturated rings. The average molecular weight is 198 g/mol. The molecule has 0 N–H and O–H groups in total. The fourth-order valence-corrected chi connectivity index (χ4v) is 1.85. The number of thiophene rings is 1. The lowest BCUT2D eigenvalue weighted by molar-refractivity contribution is -0.143. The summed E-state index contributed by atoms with van der Waals surface area (Å²) < 4.78 is 4.83. The van der Waals surface area contributed by atoms with E-state index >= 15 is 0 Å². The summed E-state index contributed by atoms with van der Waals surface area (Å²) in [5, 5.41) is 2.06. The Bertz CT molecular complexity index is 241. The highest BCUT2D eigenvalue weighted by Gasteiger charge is 2.01. The molecule has 0 amide bonds. The molecule has 1 rings (SSSR count). The van der Waals surface area contributed by atoms with E-state index in [2.05, 4.69) is 11.4 Å². The standard InChI is InChI=1S/C10H14O2S/c1-2-12-10(11)7-3-5-9-6-4-8-13-9/h4,6,8H,2-3,5,7H2,1H3. The van der Waals surface area contributed by atoms with Gasteiger partial charge in [0.15, 0.2) is 0 Å². The van der Waals surface area contributed by atoms with Crippen molar-refractivity contribution < 1.29 is 9.53 Å². The maximum atomic E-state index is 11.0. The molecule has 0 unspecified atom stereocenters. The quantitative estimate of drug-likeness (QED) is 0.680. The van der Waals surface area contributed by atoms with Crippen LogP contribution in [-0.2, 0) is 16.0 Å². The van der Waals surface area contributed by atoms with Gasteiger partial charge in [0.05, 0.1) is 6.61 Å². The van der Waals surface area contributed by atoms with Gasteiger partial charge in [-0.15, -0.1) is 11.3 Å². The number of carbonyl (C=O) groups excluding carboxylic acids is 1. The monoisotopic (exact) mass is 198 g/mol. The first-order valence-corrected chi connectivity index (χ1v) is 5.39. The van der Waals surface area contributed by atoms with E-state index in [9.17, 15) is 4.79 Å². The number of hydrogen-bond acceptors (Lipinski definition) is 3. The molecule has 1 aromatic heterocycles. The summed E-state index contributed by atoms with van der Waals surface area (Å²) >= 11 is 1.74. The third kappa shape index (κ3) is 4.08. The molecule has 1 aromatic rings. The first-order chi connectivity index (χ1) is 6.33. The lowest BCUT2D eigenvalue weighted by Crippen LogP contribution is -2.03. The fourth-order valence-electron chi connectivity index (χ4n) is 1.09. The molecule has 0 saturated heterocycles. The first-order valence-electron chi connectivity index (χ1n) is 4.51. The topological polar surface area (TPSA) is 26.3 Å². The number of rotatable bonds is 5.